The molecule has 7 heteroatoms. The first-order valence-corrected chi connectivity index (χ1v) is 10.3. The number of H-pyrrole nitrogens is 1. The lowest BCUT2D eigenvalue weighted by Gasteiger charge is -2.33. The van der Waals surface area contributed by atoms with Gasteiger partial charge in [-0.1, -0.05) is 24.0 Å². The van der Waals surface area contributed by atoms with Gasteiger partial charge in [0.25, 0.3) is 0 Å². The first-order chi connectivity index (χ1) is 12.7. The summed E-state index contributed by atoms with van der Waals surface area (Å²) in [5, 5.41) is 4.07. The second-order valence-electron chi connectivity index (χ2n) is 6.76. The molecular formula is C19H27FN4OS. The van der Waals surface area contributed by atoms with Crippen LogP contribution in [0.15, 0.2) is 29.6 Å². The molecule has 0 aliphatic carbocycles. The molecule has 0 unspecified atom stereocenters. The molecule has 26 heavy (non-hydrogen) atoms. The summed E-state index contributed by atoms with van der Waals surface area (Å²) in [6.07, 6.45) is 4.33. The van der Waals surface area contributed by atoms with Gasteiger partial charge in [0.15, 0.2) is 0 Å². The fourth-order valence-electron chi connectivity index (χ4n) is 3.70. The standard InChI is InChI=1S/C19H27FN4OS/c1-2-24(26-12-7-22-25)11-10-23-8-5-15(6-9-23)18-14-21-19-13-16(20)3-4-17(18)19/h3-4,13-15,21H,2,5-12H2,1H3. The van der Waals surface area contributed by atoms with Gasteiger partial charge in [0.1, 0.15) is 5.82 Å². The number of nitroso groups, excluding NO2 is 1. The van der Waals surface area contributed by atoms with Crippen molar-refractivity contribution in [3.8, 4) is 0 Å². The maximum atomic E-state index is 13.4. The molecule has 5 nitrogen and oxygen atoms in total. The Kier molecular flexibility index (Phi) is 7.05. The predicted molar refractivity (Wildman–Crippen MR) is 107 cm³/mol. The van der Waals surface area contributed by atoms with Crippen molar-refractivity contribution in [3.63, 3.8) is 0 Å². The number of likely N-dealkylation sites (tertiary alicyclic amines) is 1. The molecule has 0 spiro atoms. The van der Waals surface area contributed by atoms with E-state index in [9.17, 15) is 9.30 Å². The molecule has 3 rings (SSSR count). The van der Waals surface area contributed by atoms with Gasteiger partial charge in [-0.25, -0.2) is 8.70 Å². The quantitative estimate of drug-likeness (QED) is 0.403. The van der Waals surface area contributed by atoms with E-state index in [-0.39, 0.29) is 5.82 Å². The average molecular weight is 379 g/mol. The molecule has 0 radical (unpaired) electrons. The van der Waals surface area contributed by atoms with Crippen molar-refractivity contribution in [3.05, 3.63) is 40.7 Å². The Balaban J connectivity index is 1.48. The number of hydrogen-bond acceptors (Lipinski definition) is 5. The molecule has 1 aliphatic heterocycles. The molecule has 0 atom stereocenters. The van der Waals surface area contributed by atoms with E-state index in [0.717, 1.165) is 62.2 Å². The van der Waals surface area contributed by atoms with Gasteiger partial charge in [-0.3, -0.25) is 0 Å². The number of rotatable bonds is 9. The topological polar surface area (TPSA) is 51.7 Å². The molecule has 0 amide bonds. The maximum absolute atomic E-state index is 13.4. The van der Waals surface area contributed by atoms with Gasteiger partial charge in [-0.15, -0.1) is 0 Å². The zero-order valence-corrected chi connectivity index (χ0v) is 16.1. The minimum Gasteiger partial charge on any atom is -0.361 e. The van der Waals surface area contributed by atoms with Gasteiger partial charge in [0.2, 0.25) is 0 Å². The third-order valence-corrected chi connectivity index (χ3v) is 6.35. The number of piperidine rings is 1. The smallest absolute Gasteiger partial charge is 0.125 e. The van der Waals surface area contributed by atoms with Crippen molar-refractivity contribution in [1.29, 1.82) is 0 Å². The summed E-state index contributed by atoms with van der Waals surface area (Å²) in [5.41, 5.74) is 2.22. The fourth-order valence-corrected chi connectivity index (χ4v) is 4.51. The van der Waals surface area contributed by atoms with Gasteiger partial charge in [0.05, 0.1) is 6.54 Å². The van der Waals surface area contributed by atoms with Gasteiger partial charge < -0.3 is 9.88 Å². The Morgan fingerprint density at radius 1 is 1.38 bits per heavy atom. The lowest BCUT2D eigenvalue weighted by Crippen LogP contribution is -2.37. The number of fused-ring (bicyclic) bond motifs is 1. The third-order valence-electron chi connectivity index (χ3n) is 5.18. The Morgan fingerprint density at radius 3 is 2.92 bits per heavy atom. The summed E-state index contributed by atoms with van der Waals surface area (Å²) in [6.45, 7) is 7.76. The molecule has 2 heterocycles. The highest BCUT2D eigenvalue weighted by atomic mass is 32.2. The second kappa shape index (κ2) is 9.48. The van der Waals surface area contributed by atoms with Gasteiger partial charge in [-0.2, -0.15) is 4.91 Å². The number of hydrogen-bond donors (Lipinski definition) is 1. The summed E-state index contributed by atoms with van der Waals surface area (Å²) in [5.74, 6) is 1.12. The maximum Gasteiger partial charge on any atom is 0.125 e. The Bertz CT molecular complexity index is 715. The number of aromatic amines is 1. The number of halogens is 1. The van der Waals surface area contributed by atoms with E-state index in [1.54, 1.807) is 24.1 Å². The van der Waals surface area contributed by atoms with E-state index >= 15 is 0 Å². The van der Waals surface area contributed by atoms with Crippen molar-refractivity contribution in [2.24, 2.45) is 5.18 Å². The molecule has 1 aliphatic rings. The first kappa shape index (κ1) is 19.3. The summed E-state index contributed by atoms with van der Waals surface area (Å²) in [4.78, 5) is 15.9. The Labute approximate surface area is 158 Å². The number of likely N-dealkylation sites (N-methyl/N-ethyl adjacent to an activating group) is 1. The van der Waals surface area contributed by atoms with Crippen LogP contribution >= 0.6 is 11.9 Å². The van der Waals surface area contributed by atoms with Crippen LogP contribution in [0.5, 0.6) is 0 Å². The summed E-state index contributed by atoms with van der Waals surface area (Å²) < 4.78 is 15.7. The molecule has 0 bridgehead atoms. The Hall–Kier alpha value is -1.44. The van der Waals surface area contributed by atoms with Gasteiger partial charge >= 0.3 is 0 Å². The summed E-state index contributed by atoms with van der Waals surface area (Å²) >= 11 is 1.71. The van der Waals surface area contributed by atoms with Crippen LogP contribution in [0.3, 0.4) is 0 Å². The first-order valence-electron chi connectivity index (χ1n) is 9.37. The van der Waals surface area contributed by atoms with E-state index in [1.165, 1.54) is 5.56 Å². The number of aromatic nitrogens is 1. The van der Waals surface area contributed by atoms with Gasteiger partial charge in [0, 0.05) is 42.5 Å². The van der Waals surface area contributed by atoms with E-state index < -0.39 is 0 Å². The largest absolute Gasteiger partial charge is 0.361 e. The third kappa shape index (κ3) is 4.84. The van der Waals surface area contributed by atoms with E-state index in [4.69, 9.17) is 0 Å². The number of nitrogens with one attached hydrogen (secondary N) is 1. The minimum absolute atomic E-state index is 0.192. The fraction of sp³-hybridized carbons (Fsp3) is 0.579. The minimum atomic E-state index is -0.192. The van der Waals surface area contributed by atoms with Crippen LogP contribution in [0.2, 0.25) is 0 Å². The Morgan fingerprint density at radius 2 is 2.19 bits per heavy atom. The zero-order valence-electron chi connectivity index (χ0n) is 15.3. The summed E-state index contributed by atoms with van der Waals surface area (Å²) in [7, 11) is 0. The highest BCUT2D eigenvalue weighted by Gasteiger charge is 2.23. The molecule has 2 aromatic rings. The van der Waals surface area contributed by atoms with E-state index in [2.05, 4.69) is 32.5 Å². The van der Waals surface area contributed by atoms with Crippen LogP contribution in [-0.4, -0.2) is 59.2 Å². The number of benzene rings is 1. The van der Waals surface area contributed by atoms with Crippen LogP contribution in [-0.2, 0) is 0 Å². The number of nitrogens with zero attached hydrogens (tertiary/aromatic N) is 3. The van der Waals surface area contributed by atoms with Crippen LogP contribution in [0.25, 0.3) is 10.9 Å². The van der Waals surface area contributed by atoms with Crippen molar-refractivity contribution < 1.29 is 4.39 Å². The van der Waals surface area contributed by atoms with Crippen LogP contribution in [0, 0.1) is 10.7 Å². The normalized spacial score (nSPS) is 16.6. The second-order valence-corrected chi connectivity index (χ2v) is 7.94. The molecule has 1 fully saturated rings. The predicted octanol–water partition coefficient (Wildman–Crippen LogP) is 4.22. The SMILES string of the molecule is CCN(CCN1CCC(c2c[nH]c3cc(F)ccc23)CC1)SCCN=O. The van der Waals surface area contributed by atoms with Crippen molar-refractivity contribution >= 4 is 22.9 Å². The van der Waals surface area contributed by atoms with E-state index in [0.29, 0.717) is 12.5 Å². The summed E-state index contributed by atoms with van der Waals surface area (Å²) in [6, 6.07) is 5.02. The lowest BCUT2D eigenvalue weighted by molar-refractivity contribution is 0.203. The molecule has 142 valence electrons. The molecular weight excluding hydrogens is 351 g/mol. The monoisotopic (exact) mass is 378 g/mol. The molecule has 1 saturated heterocycles. The van der Waals surface area contributed by atoms with Crippen molar-refractivity contribution in [2.45, 2.75) is 25.7 Å². The van der Waals surface area contributed by atoms with Crippen LogP contribution in [0.1, 0.15) is 31.2 Å². The highest BCUT2D eigenvalue weighted by Crippen LogP contribution is 2.33. The highest BCUT2D eigenvalue weighted by molar-refractivity contribution is 7.97. The molecule has 1 aromatic heterocycles. The zero-order chi connectivity index (χ0) is 18.4. The lowest BCUT2D eigenvalue weighted by atomic mass is 9.89. The van der Waals surface area contributed by atoms with Crippen molar-refractivity contribution in [2.75, 3.05) is 45.0 Å². The molecule has 0 saturated carbocycles. The average Bonchev–Trinajstić information content (AvgIpc) is 3.08. The molecule has 1 N–H and O–H groups in total. The van der Waals surface area contributed by atoms with Gasteiger partial charge in [-0.05, 0) is 55.6 Å². The van der Waals surface area contributed by atoms with E-state index in [1.807, 2.05) is 6.07 Å². The van der Waals surface area contributed by atoms with Crippen LogP contribution in [0.4, 0.5) is 4.39 Å². The van der Waals surface area contributed by atoms with Crippen molar-refractivity contribution in [1.82, 2.24) is 14.2 Å². The van der Waals surface area contributed by atoms with Crippen LogP contribution < -0.4 is 0 Å². The molecule has 1 aromatic carbocycles.